The highest BCUT2D eigenvalue weighted by Gasteiger charge is 2.28. The van der Waals surface area contributed by atoms with E-state index in [9.17, 15) is 14.4 Å². The number of carbonyl (C=O) groups excluding carboxylic acids is 1. The number of nitrogens with zero attached hydrogens (tertiary/aromatic N) is 5. The smallest absolute Gasteiger partial charge is 0.254 e. The minimum atomic E-state index is -0.279. The molecule has 3 aromatic rings. The monoisotopic (exact) mass is 548 g/mol. The number of hydrogen-bond donors (Lipinski definition) is 1. The zero-order valence-electron chi connectivity index (χ0n) is 22.6. The number of nitrogens with one attached hydrogen (secondary N) is 1. The van der Waals surface area contributed by atoms with Crippen molar-refractivity contribution in [2.45, 2.75) is 58.7 Å². The fraction of sp³-hybridized carbons (Fsp3) is 0.400. The van der Waals surface area contributed by atoms with Crippen molar-refractivity contribution in [3.63, 3.8) is 0 Å². The van der Waals surface area contributed by atoms with Crippen LogP contribution in [0.3, 0.4) is 0 Å². The molecule has 0 saturated carbocycles. The lowest BCUT2D eigenvalue weighted by atomic mass is 9.99. The second-order valence-corrected chi connectivity index (χ2v) is 10.5. The van der Waals surface area contributed by atoms with Crippen LogP contribution in [0.25, 0.3) is 0 Å². The number of nitriles is 1. The predicted octanol–water partition coefficient (Wildman–Crippen LogP) is 5.44. The topological polar surface area (TPSA) is 85.2 Å². The van der Waals surface area contributed by atoms with Crippen molar-refractivity contribution in [1.29, 1.82) is 5.26 Å². The molecular formula is C30H34ClFN6O. The molecule has 0 bridgehead atoms. The Bertz CT molecular complexity index is 1310. The van der Waals surface area contributed by atoms with Gasteiger partial charge >= 0.3 is 0 Å². The molecule has 1 saturated heterocycles. The highest BCUT2D eigenvalue weighted by atomic mass is 35.5. The van der Waals surface area contributed by atoms with E-state index in [4.69, 9.17) is 11.6 Å². The average Bonchev–Trinajstić information content (AvgIpc) is 2.93. The number of hydrogen-bond acceptors (Lipinski definition) is 6. The van der Waals surface area contributed by atoms with Gasteiger partial charge in [-0.1, -0.05) is 11.6 Å². The van der Waals surface area contributed by atoms with Crippen molar-refractivity contribution in [2.24, 2.45) is 0 Å². The lowest BCUT2D eigenvalue weighted by molar-refractivity contribution is 0.0943. The summed E-state index contributed by atoms with van der Waals surface area (Å²) in [5.74, 6) is -0.415. The average molecular weight is 549 g/mol. The molecule has 7 nitrogen and oxygen atoms in total. The molecule has 1 N–H and O–H groups in total. The molecule has 0 aliphatic carbocycles. The van der Waals surface area contributed by atoms with Crippen molar-refractivity contribution in [3.05, 3.63) is 87.7 Å². The van der Waals surface area contributed by atoms with Gasteiger partial charge in [-0.3, -0.25) is 4.79 Å². The molecule has 0 radical (unpaired) electrons. The van der Waals surface area contributed by atoms with Gasteiger partial charge in [0.2, 0.25) is 0 Å². The van der Waals surface area contributed by atoms with Gasteiger partial charge in [-0.15, -0.1) is 0 Å². The van der Waals surface area contributed by atoms with Gasteiger partial charge < -0.3 is 15.1 Å². The highest BCUT2D eigenvalue weighted by molar-refractivity contribution is 6.30. The molecular weight excluding hydrogens is 515 g/mol. The highest BCUT2D eigenvalue weighted by Crippen LogP contribution is 2.28. The fourth-order valence-corrected chi connectivity index (χ4v) is 5.43. The van der Waals surface area contributed by atoms with E-state index in [2.05, 4.69) is 38.1 Å². The van der Waals surface area contributed by atoms with Crippen LogP contribution in [0.1, 0.15) is 59.1 Å². The summed E-state index contributed by atoms with van der Waals surface area (Å²) in [6, 6.07) is 14.8. The number of carbonyl (C=O) groups is 1. The number of halogens is 2. The van der Waals surface area contributed by atoms with Crippen LogP contribution >= 0.6 is 11.6 Å². The van der Waals surface area contributed by atoms with Crippen molar-refractivity contribution in [3.8, 4) is 6.07 Å². The maximum atomic E-state index is 14.7. The van der Waals surface area contributed by atoms with Gasteiger partial charge in [0, 0.05) is 54.5 Å². The summed E-state index contributed by atoms with van der Waals surface area (Å²) in [6.45, 7) is 8.58. The summed E-state index contributed by atoms with van der Waals surface area (Å²) in [5, 5.41) is 12.7. The van der Waals surface area contributed by atoms with E-state index in [1.165, 1.54) is 12.4 Å². The van der Waals surface area contributed by atoms with Crippen LogP contribution in [0.5, 0.6) is 0 Å². The van der Waals surface area contributed by atoms with Crippen LogP contribution in [0, 0.1) is 31.0 Å². The molecule has 1 aliphatic rings. The first-order chi connectivity index (χ1) is 18.8. The zero-order chi connectivity index (χ0) is 27.9. The Kier molecular flexibility index (Phi) is 9.50. The summed E-state index contributed by atoms with van der Waals surface area (Å²) in [6.07, 6.45) is 4.13. The lowest BCUT2D eigenvalue weighted by Gasteiger charge is -2.42. The van der Waals surface area contributed by atoms with Crippen molar-refractivity contribution in [1.82, 2.24) is 20.2 Å². The number of amides is 1. The van der Waals surface area contributed by atoms with Crippen LogP contribution in [-0.2, 0) is 6.54 Å². The summed E-state index contributed by atoms with van der Waals surface area (Å²) >= 11 is 6.18. The van der Waals surface area contributed by atoms with E-state index in [1.54, 1.807) is 24.3 Å². The summed E-state index contributed by atoms with van der Waals surface area (Å²) in [4.78, 5) is 25.6. The van der Waals surface area contributed by atoms with E-state index in [0.29, 0.717) is 52.2 Å². The second-order valence-electron chi connectivity index (χ2n) is 10.1. The van der Waals surface area contributed by atoms with Gasteiger partial charge in [-0.2, -0.15) is 5.26 Å². The van der Waals surface area contributed by atoms with Crippen molar-refractivity contribution >= 4 is 23.2 Å². The van der Waals surface area contributed by atoms with E-state index >= 15 is 0 Å². The first-order valence-electron chi connectivity index (χ1n) is 13.3. The normalized spacial score (nSPS) is 15.0. The summed E-state index contributed by atoms with van der Waals surface area (Å²) in [7, 11) is 0. The molecule has 9 heteroatoms. The lowest BCUT2D eigenvalue weighted by Crippen LogP contribution is -2.48. The first-order valence-corrected chi connectivity index (χ1v) is 13.7. The molecule has 1 aliphatic heterocycles. The molecule has 0 spiro atoms. The SMILES string of the molecule is Cc1ncnc(C)c1C(=O)NCCC(C)N1CCC(N(Cc2cc(Cl)ccc2F)c2ccc(C#N)cc2)CC1. The molecule has 1 atom stereocenters. The molecule has 2 aromatic carbocycles. The van der Waals surface area contributed by atoms with Crippen molar-refractivity contribution < 1.29 is 9.18 Å². The van der Waals surface area contributed by atoms with Gasteiger partial charge in [-0.05, 0) is 82.5 Å². The number of likely N-dealkylation sites (tertiary alicyclic amines) is 1. The number of piperidine rings is 1. The van der Waals surface area contributed by atoms with Crippen LogP contribution < -0.4 is 10.2 Å². The Morgan fingerprint density at radius 3 is 2.49 bits per heavy atom. The largest absolute Gasteiger partial charge is 0.364 e. The summed E-state index contributed by atoms with van der Waals surface area (Å²) < 4.78 is 14.7. The Morgan fingerprint density at radius 2 is 1.85 bits per heavy atom. The van der Waals surface area contributed by atoms with Gasteiger partial charge in [0.05, 0.1) is 28.6 Å². The maximum absolute atomic E-state index is 14.7. The van der Waals surface area contributed by atoms with Crippen molar-refractivity contribution in [2.75, 3.05) is 24.5 Å². The molecule has 1 aromatic heterocycles. The predicted molar refractivity (Wildman–Crippen MR) is 151 cm³/mol. The van der Waals surface area contributed by atoms with Crippen LogP contribution in [-0.4, -0.2) is 52.5 Å². The number of anilines is 1. The molecule has 2 heterocycles. The van der Waals surface area contributed by atoms with E-state index in [-0.39, 0.29) is 17.8 Å². The Hall–Kier alpha value is -3.54. The Labute approximate surface area is 234 Å². The Balaban J connectivity index is 1.37. The van der Waals surface area contributed by atoms with Gasteiger partial charge in [0.1, 0.15) is 12.1 Å². The molecule has 1 fully saturated rings. The summed E-state index contributed by atoms with van der Waals surface area (Å²) in [5.41, 5.74) is 4.00. The number of benzene rings is 2. The number of aromatic nitrogens is 2. The third-order valence-electron chi connectivity index (χ3n) is 7.54. The minimum Gasteiger partial charge on any atom is -0.364 e. The third-order valence-corrected chi connectivity index (χ3v) is 7.78. The van der Waals surface area contributed by atoms with Gasteiger partial charge in [0.25, 0.3) is 5.91 Å². The molecule has 4 rings (SSSR count). The molecule has 39 heavy (non-hydrogen) atoms. The fourth-order valence-electron chi connectivity index (χ4n) is 5.23. The van der Waals surface area contributed by atoms with Crippen LogP contribution in [0.15, 0.2) is 48.8 Å². The van der Waals surface area contributed by atoms with E-state index < -0.39 is 0 Å². The second kappa shape index (κ2) is 13.0. The van der Waals surface area contributed by atoms with Gasteiger partial charge in [-0.25, -0.2) is 14.4 Å². The standard InChI is InChI=1S/C30H34ClFN6O/c1-20(10-13-34-30(39)29-21(2)35-19-36-22(29)3)37-14-11-27(12-15-37)38(26-7-4-23(17-33)5-8-26)18-24-16-25(31)6-9-28(24)32/h4-9,16,19-20,27H,10-15,18H2,1-3H3,(H,34,39). The first kappa shape index (κ1) is 28.5. The maximum Gasteiger partial charge on any atom is 0.254 e. The van der Waals surface area contributed by atoms with Gasteiger partial charge in [0.15, 0.2) is 0 Å². The van der Waals surface area contributed by atoms with Crippen LogP contribution in [0.4, 0.5) is 10.1 Å². The molecule has 1 unspecified atom stereocenters. The number of aryl methyl sites for hydroxylation is 2. The Morgan fingerprint density at radius 1 is 1.18 bits per heavy atom. The minimum absolute atomic E-state index is 0.136. The molecule has 1 amide bonds. The molecule has 204 valence electrons. The van der Waals surface area contributed by atoms with E-state index in [1.807, 2.05) is 26.0 Å². The van der Waals surface area contributed by atoms with Crippen LogP contribution in [0.2, 0.25) is 5.02 Å². The number of rotatable bonds is 9. The van der Waals surface area contributed by atoms with E-state index in [0.717, 1.165) is 38.0 Å². The quantitative estimate of drug-likeness (QED) is 0.383. The zero-order valence-corrected chi connectivity index (χ0v) is 23.4. The third kappa shape index (κ3) is 7.11.